The topological polar surface area (TPSA) is 66.5 Å². The maximum Gasteiger partial charge on any atom is 0.252 e. The van der Waals surface area contributed by atoms with E-state index in [9.17, 15) is 13.2 Å². The van der Waals surface area contributed by atoms with E-state index in [0.29, 0.717) is 36.4 Å². The Morgan fingerprint density at radius 1 is 0.906 bits per heavy atom. The maximum absolute atomic E-state index is 13.1. The molecule has 1 aliphatic heterocycles. The molecule has 1 fully saturated rings. The number of amides is 1. The maximum atomic E-state index is 13.1. The van der Waals surface area contributed by atoms with Gasteiger partial charge < -0.3 is 5.32 Å². The summed E-state index contributed by atoms with van der Waals surface area (Å²) in [7, 11) is -3.54. The van der Waals surface area contributed by atoms with Crippen molar-refractivity contribution in [3.63, 3.8) is 0 Å². The summed E-state index contributed by atoms with van der Waals surface area (Å²) >= 11 is 0. The van der Waals surface area contributed by atoms with Crippen LogP contribution in [0.1, 0.15) is 49.5 Å². The van der Waals surface area contributed by atoms with Gasteiger partial charge in [-0.1, -0.05) is 69.3 Å². The van der Waals surface area contributed by atoms with Gasteiger partial charge in [-0.3, -0.25) is 4.79 Å². The Bertz CT molecular complexity index is 1210. The van der Waals surface area contributed by atoms with Gasteiger partial charge in [0.2, 0.25) is 10.0 Å². The molecular formula is C26H30N2O3S. The molecule has 4 rings (SSSR count). The fourth-order valence-corrected chi connectivity index (χ4v) is 5.67. The molecule has 6 heteroatoms. The van der Waals surface area contributed by atoms with E-state index in [0.717, 1.165) is 16.3 Å². The van der Waals surface area contributed by atoms with Crippen LogP contribution in [0.3, 0.4) is 0 Å². The predicted molar refractivity (Wildman–Crippen MR) is 128 cm³/mol. The first-order valence-electron chi connectivity index (χ1n) is 11.1. The number of fused-ring (bicyclic) bond motifs is 1. The lowest BCUT2D eigenvalue weighted by molar-refractivity contribution is 0.0925. The van der Waals surface area contributed by atoms with Crippen molar-refractivity contribution in [1.29, 1.82) is 0 Å². The summed E-state index contributed by atoms with van der Waals surface area (Å²) in [4.78, 5) is 13.2. The Kier molecular flexibility index (Phi) is 6.10. The SMILES string of the molecule is CC(C)(C)c1ccc(S(=O)(=O)N2CCC(NC(=O)c3cccc4ccccc34)CC2)cc1. The highest BCUT2D eigenvalue weighted by molar-refractivity contribution is 7.89. The quantitative estimate of drug-likeness (QED) is 0.625. The summed E-state index contributed by atoms with van der Waals surface area (Å²) in [6.45, 7) is 7.10. The van der Waals surface area contributed by atoms with Crippen LogP contribution in [-0.2, 0) is 15.4 Å². The number of rotatable bonds is 4. The lowest BCUT2D eigenvalue weighted by atomic mass is 9.87. The Morgan fingerprint density at radius 3 is 2.19 bits per heavy atom. The summed E-state index contributed by atoms with van der Waals surface area (Å²) in [5, 5.41) is 5.05. The Balaban J connectivity index is 1.41. The number of nitrogens with zero attached hydrogens (tertiary/aromatic N) is 1. The van der Waals surface area contributed by atoms with Crippen LogP contribution >= 0.6 is 0 Å². The third-order valence-electron chi connectivity index (χ3n) is 6.18. The Morgan fingerprint density at radius 2 is 1.53 bits per heavy atom. The summed E-state index contributed by atoms with van der Waals surface area (Å²) < 4.78 is 27.7. The molecule has 1 N–H and O–H groups in total. The van der Waals surface area contributed by atoms with Crippen LogP contribution in [0, 0.1) is 0 Å². The Hall–Kier alpha value is -2.70. The molecule has 168 valence electrons. The van der Waals surface area contributed by atoms with E-state index in [4.69, 9.17) is 0 Å². The molecule has 0 saturated carbocycles. The second-order valence-electron chi connectivity index (χ2n) is 9.45. The van der Waals surface area contributed by atoms with Crippen molar-refractivity contribution in [2.24, 2.45) is 0 Å². The molecule has 1 aliphatic rings. The highest BCUT2D eigenvalue weighted by atomic mass is 32.2. The highest BCUT2D eigenvalue weighted by Crippen LogP contribution is 2.26. The monoisotopic (exact) mass is 450 g/mol. The van der Waals surface area contributed by atoms with Crippen molar-refractivity contribution in [3.8, 4) is 0 Å². The van der Waals surface area contributed by atoms with Gasteiger partial charge in [0.25, 0.3) is 5.91 Å². The van der Waals surface area contributed by atoms with E-state index in [1.165, 1.54) is 4.31 Å². The fraction of sp³-hybridized carbons (Fsp3) is 0.346. The average molecular weight is 451 g/mol. The molecule has 0 unspecified atom stereocenters. The van der Waals surface area contributed by atoms with Crippen LogP contribution in [0.25, 0.3) is 10.8 Å². The molecular weight excluding hydrogens is 420 g/mol. The van der Waals surface area contributed by atoms with Gasteiger partial charge in [0.1, 0.15) is 0 Å². The number of benzene rings is 3. The van der Waals surface area contributed by atoms with Gasteiger partial charge in [-0.25, -0.2) is 8.42 Å². The molecule has 32 heavy (non-hydrogen) atoms. The lowest BCUT2D eigenvalue weighted by Crippen LogP contribution is -2.46. The van der Waals surface area contributed by atoms with Gasteiger partial charge in [-0.2, -0.15) is 4.31 Å². The normalized spacial score (nSPS) is 16.2. The van der Waals surface area contributed by atoms with E-state index >= 15 is 0 Å². The van der Waals surface area contributed by atoms with Crippen molar-refractivity contribution in [3.05, 3.63) is 77.9 Å². The van der Waals surface area contributed by atoms with Crippen LogP contribution in [-0.4, -0.2) is 37.8 Å². The molecule has 3 aromatic carbocycles. The largest absolute Gasteiger partial charge is 0.349 e. The van der Waals surface area contributed by atoms with Crippen molar-refractivity contribution in [2.45, 2.75) is 50.0 Å². The second kappa shape index (κ2) is 8.68. The molecule has 0 spiro atoms. The minimum Gasteiger partial charge on any atom is -0.349 e. The number of hydrogen-bond donors (Lipinski definition) is 1. The van der Waals surface area contributed by atoms with Crippen molar-refractivity contribution < 1.29 is 13.2 Å². The van der Waals surface area contributed by atoms with Crippen molar-refractivity contribution >= 4 is 26.7 Å². The molecule has 5 nitrogen and oxygen atoms in total. The first kappa shape index (κ1) is 22.5. The third-order valence-corrected chi connectivity index (χ3v) is 8.09. The zero-order chi connectivity index (χ0) is 22.9. The predicted octanol–water partition coefficient (Wildman–Crippen LogP) is 4.72. The average Bonchev–Trinajstić information content (AvgIpc) is 2.78. The summed E-state index contributed by atoms with van der Waals surface area (Å²) in [5.74, 6) is -0.110. The summed E-state index contributed by atoms with van der Waals surface area (Å²) in [6.07, 6.45) is 1.19. The first-order valence-corrected chi connectivity index (χ1v) is 12.5. The van der Waals surface area contributed by atoms with Gasteiger partial charge in [-0.15, -0.1) is 0 Å². The molecule has 1 amide bonds. The molecule has 3 aromatic rings. The van der Waals surface area contributed by atoms with Crippen LogP contribution in [0.15, 0.2) is 71.6 Å². The Labute approximate surface area is 190 Å². The molecule has 0 bridgehead atoms. The smallest absolute Gasteiger partial charge is 0.252 e. The van der Waals surface area contributed by atoms with Gasteiger partial charge in [0.15, 0.2) is 0 Å². The summed E-state index contributed by atoms with van der Waals surface area (Å²) in [5.41, 5.74) is 1.73. The zero-order valence-corrected chi connectivity index (χ0v) is 19.7. The van der Waals surface area contributed by atoms with Crippen LogP contribution in [0.4, 0.5) is 0 Å². The number of piperidine rings is 1. The van der Waals surface area contributed by atoms with Crippen LogP contribution in [0.5, 0.6) is 0 Å². The number of hydrogen-bond acceptors (Lipinski definition) is 3. The second-order valence-corrected chi connectivity index (χ2v) is 11.4. The van der Waals surface area contributed by atoms with Gasteiger partial charge in [0.05, 0.1) is 4.90 Å². The van der Waals surface area contributed by atoms with Crippen molar-refractivity contribution in [1.82, 2.24) is 9.62 Å². The van der Waals surface area contributed by atoms with Crippen LogP contribution in [0.2, 0.25) is 0 Å². The number of nitrogens with one attached hydrogen (secondary N) is 1. The zero-order valence-electron chi connectivity index (χ0n) is 18.8. The summed E-state index contributed by atoms with van der Waals surface area (Å²) in [6, 6.07) is 20.7. The third kappa shape index (κ3) is 4.57. The minimum absolute atomic E-state index is 0.0249. The van der Waals surface area contributed by atoms with E-state index in [-0.39, 0.29) is 17.4 Å². The van der Waals surface area contributed by atoms with E-state index in [2.05, 4.69) is 26.1 Å². The van der Waals surface area contributed by atoms with Crippen molar-refractivity contribution in [2.75, 3.05) is 13.1 Å². The molecule has 1 saturated heterocycles. The van der Waals surface area contributed by atoms with Gasteiger partial charge in [-0.05, 0) is 52.8 Å². The van der Waals surface area contributed by atoms with E-state index in [1.54, 1.807) is 12.1 Å². The molecule has 0 aromatic heterocycles. The number of carbonyl (C=O) groups is 1. The first-order chi connectivity index (χ1) is 15.2. The molecule has 0 atom stereocenters. The minimum atomic E-state index is -3.54. The van der Waals surface area contributed by atoms with Gasteiger partial charge in [0, 0.05) is 24.7 Å². The number of carbonyl (C=O) groups excluding carboxylic acids is 1. The van der Waals surface area contributed by atoms with Crippen LogP contribution < -0.4 is 5.32 Å². The number of sulfonamides is 1. The molecule has 0 aliphatic carbocycles. The van der Waals surface area contributed by atoms with E-state index in [1.807, 2.05) is 54.6 Å². The molecule has 1 heterocycles. The fourth-order valence-electron chi connectivity index (χ4n) is 4.20. The standard InChI is InChI=1S/C26H30N2O3S/c1-26(2,3)20-11-13-22(14-12-20)32(30,31)28-17-15-21(16-18-28)27-25(29)24-10-6-8-19-7-4-5-9-23(19)24/h4-14,21H,15-18H2,1-3H3,(H,27,29). The highest BCUT2D eigenvalue weighted by Gasteiger charge is 2.30. The van der Waals surface area contributed by atoms with E-state index < -0.39 is 10.0 Å². The van der Waals surface area contributed by atoms with Gasteiger partial charge >= 0.3 is 0 Å². The lowest BCUT2D eigenvalue weighted by Gasteiger charge is -2.32. The molecule has 0 radical (unpaired) electrons.